The molecule has 64 valence electrons. The van der Waals surface area contributed by atoms with Gasteiger partial charge < -0.3 is 5.73 Å². The number of nitrogens with two attached hydrogens (primary N) is 1. The molecule has 0 saturated heterocycles. The van der Waals surface area contributed by atoms with E-state index in [0.29, 0.717) is 0 Å². The monoisotopic (exact) mass is 161 g/mol. The molecule has 0 spiro atoms. The van der Waals surface area contributed by atoms with Crippen molar-refractivity contribution in [3.05, 3.63) is 35.4 Å². The predicted octanol–water partition coefficient (Wildman–Crippen LogP) is 2.06. The van der Waals surface area contributed by atoms with Crippen molar-refractivity contribution in [1.29, 1.82) is 0 Å². The zero-order valence-corrected chi connectivity index (χ0v) is 7.46. The van der Waals surface area contributed by atoms with Gasteiger partial charge in [0.25, 0.3) is 0 Å². The third-order valence-electron chi connectivity index (χ3n) is 2.73. The third kappa shape index (κ3) is 1.37. The first-order valence-corrected chi connectivity index (χ1v) is 4.58. The first kappa shape index (κ1) is 7.81. The molecule has 1 fully saturated rings. The summed E-state index contributed by atoms with van der Waals surface area (Å²) in [5, 5.41) is 0. The minimum atomic E-state index is 0.757. The smallest absolute Gasteiger partial charge is 0.00428 e. The highest BCUT2D eigenvalue weighted by Crippen LogP contribution is 2.46. The van der Waals surface area contributed by atoms with E-state index < -0.39 is 0 Å². The van der Waals surface area contributed by atoms with Crippen LogP contribution in [0.3, 0.4) is 0 Å². The van der Waals surface area contributed by atoms with Crippen LogP contribution in [0.15, 0.2) is 24.3 Å². The van der Waals surface area contributed by atoms with Crippen LogP contribution in [0.1, 0.15) is 23.5 Å². The van der Waals surface area contributed by atoms with Gasteiger partial charge in [0.2, 0.25) is 0 Å². The van der Waals surface area contributed by atoms with Gasteiger partial charge >= 0.3 is 0 Å². The summed E-state index contributed by atoms with van der Waals surface area (Å²) in [6, 6.07) is 8.83. The van der Waals surface area contributed by atoms with Gasteiger partial charge in [0.15, 0.2) is 0 Å². The van der Waals surface area contributed by atoms with Crippen LogP contribution >= 0.6 is 0 Å². The molecule has 1 aromatic rings. The van der Waals surface area contributed by atoms with Crippen molar-refractivity contribution in [3.63, 3.8) is 0 Å². The van der Waals surface area contributed by atoms with Crippen LogP contribution in [-0.2, 0) is 0 Å². The number of aryl methyl sites for hydroxylation is 1. The number of hydrogen-bond acceptors (Lipinski definition) is 1. The topological polar surface area (TPSA) is 26.0 Å². The SMILES string of the molecule is Cc1ccc([C@H]2C[C@@H]2CN)cc1. The first-order chi connectivity index (χ1) is 5.81. The molecule has 1 aromatic carbocycles. The summed E-state index contributed by atoms with van der Waals surface area (Å²) in [4.78, 5) is 0. The van der Waals surface area contributed by atoms with Gasteiger partial charge in [-0.15, -0.1) is 0 Å². The molecule has 0 bridgehead atoms. The highest BCUT2D eigenvalue weighted by atomic mass is 14.6. The second-order valence-electron chi connectivity index (χ2n) is 3.75. The van der Waals surface area contributed by atoms with E-state index in [0.717, 1.165) is 18.4 Å². The van der Waals surface area contributed by atoms with Gasteiger partial charge in [0.1, 0.15) is 0 Å². The van der Waals surface area contributed by atoms with Crippen LogP contribution < -0.4 is 5.73 Å². The second kappa shape index (κ2) is 2.91. The van der Waals surface area contributed by atoms with E-state index in [2.05, 4.69) is 31.2 Å². The van der Waals surface area contributed by atoms with E-state index in [1.165, 1.54) is 17.5 Å². The van der Waals surface area contributed by atoms with Crippen molar-refractivity contribution >= 4 is 0 Å². The molecule has 0 aromatic heterocycles. The highest BCUT2D eigenvalue weighted by Gasteiger charge is 2.36. The second-order valence-corrected chi connectivity index (χ2v) is 3.75. The molecule has 0 aliphatic heterocycles. The summed E-state index contributed by atoms with van der Waals surface area (Å²) < 4.78 is 0. The first-order valence-electron chi connectivity index (χ1n) is 4.58. The molecule has 1 saturated carbocycles. The molecule has 12 heavy (non-hydrogen) atoms. The molecule has 0 unspecified atom stereocenters. The van der Waals surface area contributed by atoms with E-state index in [1.807, 2.05) is 0 Å². The van der Waals surface area contributed by atoms with Crippen molar-refractivity contribution in [2.45, 2.75) is 19.3 Å². The quantitative estimate of drug-likeness (QED) is 0.706. The van der Waals surface area contributed by atoms with Crippen LogP contribution in [0.5, 0.6) is 0 Å². The largest absolute Gasteiger partial charge is 0.330 e. The maximum Gasteiger partial charge on any atom is -0.00428 e. The van der Waals surface area contributed by atoms with E-state index in [4.69, 9.17) is 5.73 Å². The third-order valence-corrected chi connectivity index (χ3v) is 2.73. The molecular weight excluding hydrogens is 146 g/mol. The number of hydrogen-bond donors (Lipinski definition) is 1. The Hall–Kier alpha value is -0.820. The average molecular weight is 161 g/mol. The summed E-state index contributed by atoms with van der Waals surface area (Å²) in [6.45, 7) is 2.97. The Morgan fingerprint density at radius 1 is 1.33 bits per heavy atom. The van der Waals surface area contributed by atoms with E-state index in [9.17, 15) is 0 Å². The molecule has 1 aliphatic carbocycles. The summed E-state index contributed by atoms with van der Waals surface area (Å²) in [6.07, 6.45) is 1.29. The van der Waals surface area contributed by atoms with Crippen LogP contribution in [0, 0.1) is 12.8 Å². The summed E-state index contributed by atoms with van der Waals surface area (Å²) >= 11 is 0. The fraction of sp³-hybridized carbons (Fsp3) is 0.455. The predicted molar refractivity (Wildman–Crippen MR) is 51.1 cm³/mol. The average Bonchev–Trinajstić information content (AvgIpc) is 2.85. The van der Waals surface area contributed by atoms with Crippen LogP contribution in [0.4, 0.5) is 0 Å². The van der Waals surface area contributed by atoms with Crippen LogP contribution in [0.2, 0.25) is 0 Å². The minimum absolute atomic E-state index is 0.757. The van der Waals surface area contributed by atoms with Gasteiger partial charge in [0, 0.05) is 0 Å². The lowest BCUT2D eigenvalue weighted by Gasteiger charge is -1.99. The standard InChI is InChI=1S/C11H15N/c1-8-2-4-9(5-3-8)11-6-10(11)7-12/h2-5,10-11H,6-7,12H2,1H3/t10-,11-/m1/s1. The van der Waals surface area contributed by atoms with Crippen molar-refractivity contribution in [3.8, 4) is 0 Å². The molecule has 0 amide bonds. The van der Waals surface area contributed by atoms with Gasteiger partial charge in [-0.2, -0.15) is 0 Å². The summed E-state index contributed by atoms with van der Waals surface area (Å²) in [7, 11) is 0. The molecule has 0 heterocycles. The molecule has 2 rings (SSSR count). The zero-order valence-electron chi connectivity index (χ0n) is 7.46. The van der Waals surface area contributed by atoms with Gasteiger partial charge in [-0.1, -0.05) is 29.8 Å². The Morgan fingerprint density at radius 3 is 2.50 bits per heavy atom. The molecule has 0 radical (unpaired) electrons. The minimum Gasteiger partial charge on any atom is -0.330 e. The maximum absolute atomic E-state index is 5.59. The summed E-state index contributed by atoms with van der Waals surface area (Å²) in [5.41, 5.74) is 8.40. The van der Waals surface area contributed by atoms with Crippen molar-refractivity contribution in [2.24, 2.45) is 11.7 Å². The van der Waals surface area contributed by atoms with Gasteiger partial charge in [0.05, 0.1) is 0 Å². The molecule has 1 aliphatic rings. The van der Waals surface area contributed by atoms with Gasteiger partial charge in [-0.25, -0.2) is 0 Å². The molecule has 1 nitrogen and oxygen atoms in total. The lowest BCUT2D eigenvalue weighted by Crippen LogP contribution is -2.01. The Morgan fingerprint density at radius 2 is 2.00 bits per heavy atom. The van der Waals surface area contributed by atoms with Crippen LogP contribution in [0.25, 0.3) is 0 Å². The normalized spacial score (nSPS) is 27.2. The van der Waals surface area contributed by atoms with Crippen molar-refractivity contribution < 1.29 is 0 Å². The number of benzene rings is 1. The summed E-state index contributed by atoms with van der Waals surface area (Å²) in [5.74, 6) is 1.52. The molecule has 2 atom stereocenters. The maximum atomic E-state index is 5.59. The zero-order chi connectivity index (χ0) is 8.55. The van der Waals surface area contributed by atoms with Crippen molar-refractivity contribution in [2.75, 3.05) is 6.54 Å². The van der Waals surface area contributed by atoms with Crippen LogP contribution in [-0.4, -0.2) is 6.54 Å². The van der Waals surface area contributed by atoms with Gasteiger partial charge in [-0.3, -0.25) is 0 Å². The van der Waals surface area contributed by atoms with Gasteiger partial charge in [-0.05, 0) is 37.3 Å². The fourth-order valence-corrected chi connectivity index (χ4v) is 1.73. The van der Waals surface area contributed by atoms with Crippen molar-refractivity contribution in [1.82, 2.24) is 0 Å². The molecule has 1 heteroatoms. The number of rotatable bonds is 2. The molecular formula is C11H15N. The fourth-order valence-electron chi connectivity index (χ4n) is 1.73. The van der Waals surface area contributed by atoms with E-state index >= 15 is 0 Å². The highest BCUT2D eigenvalue weighted by molar-refractivity contribution is 5.28. The lowest BCUT2D eigenvalue weighted by atomic mass is 10.1. The molecule has 2 N–H and O–H groups in total. The Balaban J connectivity index is 2.10. The van der Waals surface area contributed by atoms with E-state index in [-0.39, 0.29) is 0 Å². The lowest BCUT2D eigenvalue weighted by molar-refractivity contribution is 0.809. The van der Waals surface area contributed by atoms with E-state index in [1.54, 1.807) is 0 Å². The Bertz CT molecular complexity index is 263. The Kier molecular flexibility index (Phi) is 1.89. The Labute approximate surface area is 73.6 Å².